The van der Waals surface area contributed by atoms with Crippen LogP contribution in [-0.4, -0.2) is 13.5 Å². The van der Waals surface area contributed by atoms with Gasteiger partial charge in [-0.2, -0.15) is 0 Å². The van der Waals surface area contributed by atoms with E-state index in [1.54, 1.807) is 24.3 Å². The number of rotatable bonds is 1. The van der Waals surface area contributed by atoms with Crippen molar-refractivity contribution in [3.05, 3.63) is 59.6 Å². The summed E-state index contributed by atoms with van der Waals surface area (Å²) in [5.41, 5.74) is 0. The van der Waals surface area contributed by atoms with Gasteiger partial charge in [-0.3, -0.25) is 0 Å². The number of primary sulfonamides is 1. The fourth-order valence-corrected chi connectivity index (χ4v) is 1.69. The lowest BCUT2D eigenvalue weighted by Crippen LogP contribution is -2.11. The van der Waals surface area contributed by atoms with Crippen molar-refractivity contribution in [1.29, 1.82) is 0 Å². The van der Waals surface area contributed by atoms with E-state index < -0.39 is 10.0 Å². The average molecular weight is 286 g/mol. The molecule has 0 atom stereocenters. The van der Waals surface area contributed by atoms with Crippen molar-refractivity contribution in [3.8, 4) is 5.75 Å². The van der Waals surface area contributed by atoms with Crippen LogP contribution in [0, 0.1) is 0 Å². The van der Waals surface area contributed by atoms with Crippen molar-refractivity contribution in [3.63, 3.8) is 0 Å². The molecule has 2 aromatic carbocycles. The predicted molar refractivity (Wildman–Crippen MR) is 70.9 cm³/mol. The zero-order chi connectivity index (χ0) is 13.6. The summed E-state index contributed by atoms with van der Waals surface area (Å²) in [4.78, 5) is 0.0712. The minimum Gasteiger partial charge on any atom is -0.508 e. The van der Waals surface area contributed by atoms with Crippen molar-refractivity contribution in [2.45, 2.75) is 4.90 Å². The molecule has 0 radical (unpaired) electrons. The molecule has 0 amide bonds. The molecule has 6 heteroatoms. The Labute approximate surface area is 111 Å². The molecule has 0 unspecified atom stereocenters. The van der Waals surface area contributed by atoms with Gasteiger partial charge >= 0.3 is 0 Å². The maximum Gasteiger partial charge on any atom is 0.238 e. The van der Waals surface area contributed by atoms with Crippen molar-refractivity contribution >= 4 is 21.6 Å². The summed E-state index contributed by atoms with van der Waals surface area (Å²) in [6, 6.07) is 14.4. The monoisotopic (exact) mass is 285 g/mol. The van der Waals surface area contributed by atoms with E-state index in [0.29, 0.717) is 10.8 Å². The third kappa shape index (κ3) is 5.18. The van der Waals surface area contributed by atoms with Crippen molar-refractivity contribution in [2.75, 3.05) is 0 Å². The Bertz CT molecular complexity index is 582. The fraction of sp³-hybridized carbons (Fsp3) is 0. The van der Waals surface area contributed by atoms with Crippen LogP contribution in [0.15, 0.2) is 59.5 Å². The average Bonchev–Trinajstić information content (AvgIpc) is 2.30. The molecule has 18 heavy (non-hydrogen) atoms. The number of phenols is 1. The van der Waals surface area contributed by atoms with E-state index >= 15 is 0 Å². The number of nitrogens with two attached hydrogens (primary N) is 1. The molecule has 0 aromatic heterocycles. The van der Waals surface area contributed by atoms with Crippen LogP contribution in [0.1, 0.15) is 0 Å². The Kier molecular flexibility index (Phi) is 5.15. The van der Waals surface area contributed by atoms with E-state index in [-0.39, 0.29) is 4.90 Å². The van der Waals surface area contributed by atoms with Crippen molar-refractivity contribution < 1.29 is 13.5 Å². The van der Waals surface area contributed by atoms with E-state index in [1.165, 1.54) is 24.3 Å². The molecule has 0 fully saturated rings. The van der Waals surface area contributed by atoms with Gasteiger partial charge < -0.3 is 5.11 Å². The summed E-state index contributed by atoms with van der Waals surface area (Å²) in [6.45, 7) is 0. The summed E-state index contributed by atoms with van der Waals surface area (Å²) in [5, 5.41) is 14.0. The van der Waals surface area contributed by atoms with E-state index in [4.69, 9.17) is 21.8 Å². The zero-order valence-corrected chi connectivity index (χ0v) is 10.9. The lowest BCUT2D eigenvalue weighted by atomic mass is 10.3. The number of halogens is 1. The lowest BCUT2D eigenvalue weighted by molar-refractivity contribution is 0.475. The maximum atomic E-state index is 10.7. The summed E-state index contributed by atoms with van der Waals surface area (Å²) >= 11 is 5.53. The molecule has 0 heterocycles. The molecule has 2 aromatic rings. The molecular formula is C12H12ClNO3S. The molecule has 2 rings (SSSR count). The van der Waals surface area contributed by atoms with Crippen molar-refractivity contribution in [2.24, 2.45) is 5.14 Å². The summed E-state index contributed by atoms with van der Waals surface area (Å²) in [7, 11) is -3.58. The van der Waals surface area contributed by atoms with Crippen LogP contribution < -0.4 is 5.14 Å². The van der Waals surface area contributed by atoms with Gasteiger partial charge in [0, 0.05) is 5.02 Å². The number of sulfonamides is 1. The molecular weight excluding hydrogens is 274 g/mol. The Hall–Kier alpha value is -1.56. The number of hydrogen-bond acceptors (Lipinski definition) is 3. The second kappa shape index (κ2) is 6.39. The minimum absolute atomic E-state index is 0.0712. The smallest absolute Gasteiger partial charge is 0.238 e. The van der Waals surface area contributed by atoms with Crippen LogP contribution in [0.3, 0.4) is 0 Å². The maximum absolute atomic E-state index is 10.7. The number of hydrogen-bond donors (Lipinski definition) is 2. The van der Waals surface area contributed by atoms with Gasteiger partial charge in [0.1, 0.15) is 5.75 Å². The number of para-hydroxylation sites is 1. The van der Waals surface area contributed by atoms with Gasteiger partial charge in [-0.25, -0.2) is 13.6 Å². The minimum atomic E-state index is -3.58. The van der Waals surface area contributed by atoms with Crippen LogP contribution >= 0.6 is 11.6 Å². The molecule has 0 aliphatic carbocycles. The van der Waals surface area contributed by atoms with E-state index in [0.717, 1.165) is 0 Å². The van der Waals surface area contributed by atoms with E-state index in [2.05, 4.69) is 0 Å². The van der Waals surface area contributed by atoms with Gasteiger partial charge in [0.2, 0.25) is 10.0 Å². The van der Waals surface area contributed by atoms with Crippen LogP contribution in [0.5, 0.6) is 5.75 Å². The highest BCUT2D eigenvalue weighted by molar-refractivity contribution is 7.89. The van der Waals surface area contributed by atoms with Gasteiger partial charge in [-0.05, 0) is 36.4 Å². The predicted octanol–water partition coefficient (Wildman–Crippen LogP) is 2.38. The summed E-state index contributed by atoms with van der Waals surface area (Å²) < 4.78 is 21.4. The normalized spacial score (nSPS) is 10.3. The third-order valence-corrected chi connectivity index (χ3v) is 3.08. The van der Waals surface area contributed by atoms with E-state index in [9.17, 15) is 8.42 Å². The SMILES string of the molecule is NS(=O)(=O)c1ccc(Cl)cc1.Oc1ccccc1. The molecule has 0 bridgehead atoms. The standard InChI is InChI=1S/C6H6ClNO2S.C6H6O/c7-5-1-3-6(4-2-5)11(8,9)10;7-6-4-2-1-3-5-6/h1-4H,(H2,8,9,10);1-5,7H. The Morgan fingerprint density at radius 2 is 1.44 bits per heavy atom. The van der Waals surface area contributed by atoms with Crippen molar-refractivity contribution in [1.82, 2.24) is 0 Å². The largest absolute Gasteiger partial charge is 0.508 e. The highest BCUT2D eigenvalue weighted by atomic mass is 35.5. The Morgan fingerprint density at radius 1 is 0.944 bits per heavy atom. The quantitative estimate of drug-likeness (QED) is 0.844. The fourth-order valence-electron chi connectivity index (χ4n) is 1.05. The first-order valence-corrected chi connectivity index (χ1v) is 6.84. The van der Waals surface area contributed by atoms with Crippen LogP contribution in [0.25, 0.3) is 0 Å². The molecule has 4 nitrogen and oxygen atoms in total. The molecule has 0 aliphatic rings. The Morgan fingerprint density at radius 3 is 1.78 bits per heavy atom. The summed E-state index contributed by atoms with van der Waals surface area (Å²) in [6.07, 6.45) is 0. The zero-order valence-electron chi connectivity index (χ0n) is 9.32. The third-order valence-electron chi connectivity index (χ3n) is 1.90. The van der Waals surface area contributed by atoms with Gasteiger partial charge in [0.25, 0.3) is 0 Å². The highest BCUT2D eigenvalue weighted by Crippen LogP contribution is 2.11. The molecule has 96 valence electrons. The second-order valence-corrected chi connectivity index (χ2v) is 5.33. The first-order chi connectivity index (χ1) is 8.39. The molecule has 0 aliphatic heterocycles. The Balaban J connectivity index is 0.000000199. The molecule has 0 saturated heterocycles. The topological polar surface area (TPSA) is 80.4 Å². The number of benzene rings is 2. The highest BCUT2D eigenvalue weighted by Gasteiger charge is 2.05. The second-order valence-electron chi connectivity index (χ2n) is 3.33. The molecule has 3 N–H and O–H groups in total. The van der Waals surface area contributed by atoms with Gasteiger partial charge in [0.15, 0.2) is 0 Å². The number of phenolic OH excluding ortho intramolecular Hbond substituents is 1. The first-order valence-electron chi connectivity index (χ1n) is 4.92. The first kappa shape index (κ1) is 14.5. The lowest BCUT2D eigenvalue weighted by Gasteiger charge is -1.95. The van der Waals surface area contributed by atoms with Gasteiger partial charge in [-0.1, -0.05) is 29.8 Å². The van der Waals surface area contributed by atoms with Crippen LogP contribution in [0.2, 0.25) is 5.02 Å². The van der Waals surface area contributed by atoms with Crippen LogP contribution in [0.4, 0.5) is 0 Å². The van der Waals surface area contributed by atoms with Gasteiger partial charge in [-0.15, -0.1) is 0 Å². The molecule has 0 spiro atoms. The van der Waals surface area contributed by atoms with E-state index in [1.807, 2.05) is 6.07 Å². The summed E-state index contributed by atoms with van der Waals surface area (Å²) in [5.74, 6) is 0.322. The number of aromatic hydroxyl groups is 1. The molecule has 0 saturated carbocycles. The van der Waals surface area contributed by atoms with Gasteiger partial charge in [0.05, 0.1) is 4.90 Å². The van der Waals surface area contributed by atoms with Crippen LogP contribution in [-0.2, 0) is 10.0 Å².